The quantitative estimate of drug-likeness (QED) is 0.593. The van der Waals surface area contributed by atoms with Gasteiger partial charge in [0.2, 0.25) is 0 Å². The molecule has 1 fully saturated rings. The zero-order valence-electron chi connectivity index (χ0n) is 11.8. The Morgan fingerprint density at radius 3 is 2.48 bits per heavy atom. The molecule has 1 aliphatic heterocycles. The van der Waals surface area contributed by atoms with Gasteiger partial charge in [0.15, 0.2) is 0 Å². The average Bonchev–Trinajstić information content (AvgIpc) is 2.47. The first-order valence-electron chi connectivity index (χ1n) is 7.09. The highest BCUT2D eigenvalue weighted by atomic mass is 19.4. The van der Waals surface area contributed by atoms with Crippen molar-refractivity contribution < 1.29 is 32.2 Å². The van der Waals surface area contributed by atoms with Gasteiger partial charge in [-0.3, -0.25) is 0 Å². The number of hydrogen-bond acceptors (Lipinski definition) is 4. The van der Waals surface area contributed by atoms with Crippen molar-refractivity contribution in [2.24, 2.45) is 11.8 Å². The van der Waals surface area contributed by atoms with Crippen molar-refractivity contribution in [3.8, 4) is 0 Å². The molecule has 1 atom stereocenters. The van der Waals surface area contributed by atoms with Gasteiger partial charge in [0.05, 0.1) is 13.2 Å². The fourth-order valence-electron chi connectivity index (χ4n) is 2.65. The molecule has 4 nitrogen and oxygen atoms in total. The van der Waals surface area contributed by atoms with E-state index < -0.39 is 18.6 Å². The monoisotopic (exact) mass is 308 g/mol. The van der Waals surface area contributed by atoms with E-state index in [4.69, 9.17) is 9.47 Å². The molecule has 0 aromatic rings. The largest absolute Gasteiger partial charge is 0.491 e. The summed E-state index contributed by atoms with van der Waals surface area (Å²) in [5.74, 6) is -1.76. The Morgan fingerprint density at radius 1 is 1.33 bits per heavy atom. The van der Waals surface area contributed by atoms with Crippen molar-refractivity contribution in [3.05, 3.63) is 11.6 Å². The predicted octanol–water partition coefficient (Wildman–Crippen LogP) is 3.18. The molecule has 1 saturated heterocycles. The van der Waals surface area contributed by atoms with E-state index in [9.17, 15) is 18.0 Å². The Balaban J connectivity index is 1.76. The number of rotatable bonds is 3. The lowest BCUT2D eigenvalue weighted by Gasteiger charge is -2.34. The number of allylic oxidation sites excluding steroid dienone is 2. The molecule has 0 saturated carbocycles. The van der Waals surface area contributed by atoms with E-state index >= 15 is 0 Å². The molecule has 0 amide bonds. The second kappa shape index (κ2) is 6.79. The first-order chi connectivity index (χ1) is 9.90. The van der Waals surface area contributed by atoms with E-state index in [1.165, 1.54) is 5.57 Å². The molecular formula is C14H19F3O4. The maximum Gasteiger partial charge on any atom is 0.491 e. The molecule has 1 unspecified atom stereocenters. The lowest BCUT2D eigenvalue weighted by molar-refractivity contribution is -0.323. The van der Waals surface area contributed by atoms with Crippen LogP contribution in [-0.4, -0.2) is 31.8 Å². The lowest BCUT2D eigenvalue weighted by atomic mass is 9.80. The fraction of sp³-hybridized carbons (Fsp3) is 0.786. The Morgan fingerprint density at radius 2 is 2.00 bits per heavy atom. The number of halogens is 3. The predicted molar refractivity (Wildman–Crippen MR) is 67.0 cm³/mol. The third-order valence-corrected chi connectivity index (χ3v) is 3.99. The Bertz CT molecular complexity index is 398. The van der Waals surface area contributed by atoms with Gasteiger partial charge >= 0.3 is 18.6 Å². The lowest BCUT2D eigenvalue weighted by Crippen LogP contribution is -2.40. The van der Waals surface area contributed by atoms with Crippen molar-refractivity contribution in [2.45, 2.75) is 45.3 Å². The second-order valence-electron chi connectivity index (χ2n) is 5.37. The number of alkyl halides is 3. The average molecular weight is 308 g/mol. The van der Waals surface area contributed by atoms with Crippen molar-refractivity contribution in [3.63, 3.8) is 0 Å². The third kappa shape index (κ3) is 4.44. The van der Waals surface area contributed by atoms with Crippen molar-refractivity contribution in [2.75, 3.05) is 13.2 Å². The molecule has 21 heavy (non-hydrogen) atoms. The zero-order valence-corrected chi connectivity index (χ0v) is 11.8. The SMILES string of the molecule is CCC1=CCC(C2COC(OC(=O)C(F)(F)F)OC2)CC1. The maximum absolute atomic E-state index is 12.0. The summed E-state index contributed by atoms with van der Waals surface area (Å²) in [6.45, 7) is 1.06. The molecule has 0 bridgehead atoms. The normalized spacial score (nSPS) is 30.7. The Labute approximate surface area is 121 Å². The first-order valence-corrected chi connectivity index (χ1v) is 7.09. The summed E-state index contributed by atoms with van der Waals surface area (Å²) in [4.78, 5) is 10.7. The van der Waals surface area contributed by atoms with E-state index in [-0.39, 0.29) is 19.1 Å². The van der Waals surface area contributed by atoms with Crippen LogP contribution in [0.15, 0.2) is 11.6 Å². The van der Waals surface area contributed by atoms with Crippen molar-refractivity contribution in [1.82, 2.24) is 0 Å². The van der Waals surface area contributed by atoms with E-state index in [0.29, 0.717) is 5.92 Å². The summed E-state index contributed by atoms with van der Waals surface area (Å²) in [5, 5.41) is 0. The number of hydrogen-bond donors (Lipinski definition) is 0. The highest BCUT2D eigenvalue weighted by Crippen LogP contribution is 2.33. The van der Waals surface area contributed by atoms with Crippen LogP contribution in [0.5, 0.6) is 0 Å². The molecular weight excluding hydrogens is 289 g/mol. The van der Waals surface area contributed by atoms with Gasteiger partial charge in [-0.25, -0.2) is 4.79 Å². The van der Waals surface area contributed by atoms with Crippen LogP contribution in [0, 0.1) is 11.8 Å². The van der Waals surface area contributed by atoms with Gasteiger partial charge in [-0.2, -0.15) is 13.2 Å². The van der Waals surface area contributed by atoms with Gasteiger partial charge in [-0.1, -0.05) is 18.6 Å². The van der Waals surface area contributed by atoms with Crippen LogP contribution in [0.2, 0.25) is 0 Å². The minimum absolute atomic E-state index is 0.125. The molecule has 1 aliphatic carbocycles. The van der Waals surface area contributed by atoms with Crippen molar-refractivity contribution >= 4 is 5.97 Å². The van der Waals surface area contributed by atoms with Crippen molar-refractivity contribution in [1.29, 1.82) is 0 Å². The van der Waals surface area contributed by atoms with E-state index in [1.54, 1.807) is 0 Å². The maximum atomic E-state index is 12.0. The first kappa shape index (κ1) is 16.3. The van der Waals surface area contributed by atoms with E-state index in [0.717, 1.165) is 25.7 Å². The van der Waals surface area contributed by atoms with Crippen LogP contribution in [0.1, 0.15) is 32.6 Å². The molecule has 0 aromatic heterocycles. The minimum atomic E-state index is -5.03. The topological polar surface area (TPSA) is 44.8 Å². The summed E-state index contributed by atoms with van der Waals surface area (Å²) in [6.07, 6.45) is 1.26. The molecule has 1 heterocycles. The molecule has 0 aromatic carbocycles. The summed E-state index contributed by atoms with van der Waals surface area (Å²) in [6, 6.07) is 0. The molecule has 120 valence electrons. The molecule has 0 N–H and O–H groups in total. The van der Waals surface area contributed by atoms with Crippen LogP contribution in [0.4, 0.5) is 13.2 Å². The van der Waals surface area contributed by atoms with Gasteiger partial charge in [0.1, 0.15) is 0 Å². The number of esters is 1. The second-order valence-corrected chi connectivity index (χ2v) is 5.37. The summed E-state index contributed by atoms with van der Waals surface area (Å²) in [5.41, 5.74) is 1.45. The number of carbonyl (C=O) groups excluding carboxylic acids is 1. The minimum Gasteiger partial charge on any atom is -0.404 e. The third-order valence-electron chi connectivity index (χ3n) is 3.99. The van der Waals surface area contributed by atoms with Crippen LogP contribution in [0.25, 0.3) is 0 Å². The van der Waals surface area contributed by atoms with Gasteiger partial charge in [-0.05, 0) is 31.6 Å². The highest BCUT2D eigenvalue weighted by molar-refractivity contribution is 5.75. The number of carbonyl (C=O) groups is 1. The fourth-order valence-corrected chi connectivity index (χ4v) is 2.65. The van der Waals surface area contributed by atoms with Crippen LogP contribution in [0.3, 0.4) is 0 Å². The summed E-state index contributed by atoms with van der Waals surface area (Å²) in [7, 11) is 0. The zero-order chi connectivity index (χ0) is 15.5. The Kier molecular flexibility index (Phi) is 5.27. The van der Waals surface area contributed by atoms with Gasteiger partial charge in [0, 0.05) is 5.92 Å². The van der Waals surface area contributed by atoms with E-state index in [2.05, 4.69) is 17.7 Å². The molecule has 2 aliphatic rings. The van der Waals surface area contributed by atoms with Crippen LogP contribution < -0.4 is 0 Å². The molecule has 0 spiro atoms. The molecule has 0 radical (unpaired) electrons. The van der Waals surface area contributed by atoms with Gasteiger partial charge in [-0.15, -0.1) is 0 Å². The van der Waals surface area contributed by atoms with Gasteiger partial charge < -0.3 is 14.2 Å². The summed E-state index contributed by atoms with van der Waals surface area (Å²) < 4.78 is 50.4. The van der Waals surface area contributed by atoms with Crippen LogP contribution >= 0.6 is 0 Å². The molecule has 2 rings (SSSR count). The number of ether oxygens (including phenoxy) is 3. The molecule has 7 heteroatoms. The van der Waals surface area contributed by atoms with Crippen LogP contribution in [-0.2, 0) is 19.0 Å². The highest BCUT2D eigenvalue weighted by Gasteiger charge is 2.43. The van der Waals surface area contributed by atoms with Gasteiger partial charge in [0.25, 0.3) is 0 Å². The smallest absolute Gasteiger partial charge is 0.404 e. The standard InChI is InChI=1S/C14H19F3O4/c1-2-9-3-5-10(6-4-9)11-7-19-13(20-8-11)21-12(18)14(15,16)17/h3,10-11,13H,2,4-8H2,1H3. The Hall–Kier alpha value is -1.08. The summed E-state index contributed by atoms with van der Waals surface area (Å²) >= 11 is 0. The van der Waals surface area contributed by atoms with E-state index in [1.807, 2.05) is 0 Å².